The van der Waals surface area contributed by atoms with Gasteiger partial charge in [0.1, 0.15) is 5.82 Å². The normalized spacial score (nSPS) is 14.2. The lowest BCUT2D eigenvalue weighted by Crippen LogP contribution is -2.44. The van der Waals surface area contributed by atoms with E-state index in [1.54, 1.807) is 23.0 Å². The van der Waals surface area contributed by atoms with Gasteiger partial charge in [-0.15, -0.1) is 0 Å². The lowest BCUT2D eigenvalue weighted by Gasteiger charge is -2.29. The Labute approximate surface area is 163 Å². The number of hydrogen-bond donors (Lipinski definition) is 2. The maximum absolute atomic E-state index is 11.9. The lowest BCUT2D eigenvalue weighted by molar-refractivity contribution is 0.1000. The van der Waals surface area contributed by atoms with Gasteiger partial charge in [-0.1, -0.05) is 0 Å². The molecule has 0 aliphatic carbocycles. The predicted molar refractivity (Wildman–Crippen MR) is 107 cm³/mol. The largest absolute Gasteiger partial charge is 0.366 e. The van der Waals surface area contributed by atoms with Crippen LogP contribution in [0.1, 0.15) is 21.7 Å². The first-order valence-corrected chi connectivity index (χ1v) is 9.30. The van der Waals surface area contributed by atoms with Crippen molar-refractivity contribution in [3.63, 3.8) is 0 Å². The Morgan fingerprint density at radius 3 is 2.71 bits per heavy atom. The average molecular weight is 377 g/mol. The van der Waals surface area contributed by atoms with E-state index in [2.05, 4.69) is 20.3 Å². The molecule has 0 saturated carbocycles. The number of nitrogens with one attached hydrogen (secondary N) is 1. The fourth-order valence-corrected chi connectivity index (χ4v) is 3.34. The van der Waals surface area contributed by atoms with Gasteiger partial charge in [-0.3, -0.25) is 14.5 Å². The highest BCUT2D eigenvalue weighted by molar-refractivity contribution is 5.94. The van der Waals surface area contributed by atoms with Gasteiger partial charge in [-0.05, 0) is 30.3 Å². The molecule has 28 heavy (non-hydrogen) atoms. The minimum atomic E-state index is -0.456. The van der Waals surface area contributed by atoms with E-state index in [4.69, 9.17) is 10.7 Å². The van der Waals surface area contributed by atoms with Crippen LogP contribution < -0.4 is 16.0 Å². The smallest absolute Gasteiger partial charge is 0.248 e. The Kier molecular flexibility index (Phi) is 5.03. The number of nitrogens with two attached hydrogens (primary N) is 1. The summed E-state index contributed by atoms with van der Waals surface area (Å²) >= 11 is 0. The molecule has 1 aliphatic rings. The fraction of sp³-hybridized carbons (Fsp3) is 0.300. The van der Waals surface area contributed by atoms with Gasteiger partial charge in [0.05, 0.1) is 11.4 Å². The van der Waals surface area contributed by atoms with Crippen molar-refractivity contribution >= 4 is 11.7 Å². The zero-order valence-corrected chi connectivity index (χ0v) is 15.8. The highest BCUT2D eigenvalue weighted by Crippen LogP contribution is 2.24. The van der Waals surface area contributed by atoms with Crippen molar-refractivity contribution in [2.45, 2.75) is 6.42 Å². The molecule has 8 heteroatoms. The van der Waals surface area contributed by atoms with Gasteiger partial charge in [-0.2, -0.15) is 5.10 Å². The lowest BCUT2D eigenvalue weighted by atomic mass is 10.1. The zero-order chi connectivity index (χ0) is 19.5. The van der Waals surface area contributed by atoms with Gasteiger partial charge in [0.25, 0.3) is 0 Å². The summed E-state index contributed by atoms with van der Waals surface area (Å²) in [5, 5.41) is 7.73. The van der Waals surface area contributed by atoms with E-state index < -0.39 is 5.91 Å². The van der Waals surface area contributed by atoms with Crippen molar-refractivity contribution < 1.29 is 4.79 Å². The van der Waals surface area contributed by atoms with Crippen LogP contribution in [0.15, 0.2) is 42.7 Å². The number of primary amides is 1. The van der Waals surface area contributed by atoms with Crippen molar-refractivity contribution in [1.29, 1.82) is 0 Å². The summed E-state index contributed by atoms with van der Waals surface area (Å²) in [6.45, 7) is 3.47. The number of amides is 1. The summed E-state index contributed by atoms with van der Waals surface area (Å²) in [5.41, 5.74) is 9.50. The Morgan fingerprint density at radius 2 is 2.00 bits per heavy atom. The number of rotatable bonds is 5. The standard InChI is InChI=1S/C20H23N7O/c1-26-7-3-16(25-26)13-17-10-14(2-4-23-17)18-11-15(20(21)28)12-19(24-18)27-8-5-22-6-9-27/h2-4,7,10-12,22H,5-6,8-9,13H2,1H3,(H2,21,28). The first kappa shape index (κ1) is 18.1. The molecular weight excluding hydrogens is 354 g/mol. The molecule has 4 rings (SSSR count). The molecule has 4 heterocycles. The third-order valence-electron chi connectivity index (χ3n) is 4.78. The number of hydrogen-bond acceptors (Lipinski definition) is 6. The second-order valence-corrected chi connectivity index (χ2v) is 6.89. The first-order chi connectivity index (χ1) is 13.6. The van der Waals surface area contributed by atoms with Crippen molar-refractivity contribution in [2.75, 3.05) is 31.1 Å². The van der Waals surface area contributed by atoms with Crippen molar-refractivity contribution in [1.82, 2.24) is 25.1 Å². The molecule has 0 bridgehead atoms. The van der Waals surface area contributed by atoms with E-state index >= 15 is 0 Å². The van der Waals surface area contributed by atoms with Crippen LogP contribution >= 0.6 is 0 Å². The SMILES string of the molecule is Cn1ccc(Cc2cc(-c3cc(C(N)=O)cc(N4CCNCC4)n3)ccn2)n1. The molecule has 8 nitrogen and oxygen atoms in total. The van der Waals surface area contributed by atoms with Gasteiger partial charge in [0.2, 0.25) is 5.91 Å². The molecule has 0 aromatic carbocycles. The molecule has 144 valence electrons. The molecular formula is C20H23N7O. The van der Waals surface area contributed by atoms with Crippen LogP contribution in [0.3, 0.4) is 0 Å². The van der Waals surface area contributed by atoms with Crippen LogP contribution in [-0.2, 0) is 13.5 Å². The quantitative estimate of drug-likeness (QED) is 0.687. The Hall–Kier alpha value is -3.26. The number of carbonyl (C=O) groups is 1. The van der Waals surface area contributed by atoms with E-state index in [0.717, 1.165) is 54.6 Å². The van der Waals surface area contributed by atoms with Gasteiger partial charge in [0, 0.05) is 68.9 Å². The van der Waals surface area contributed by atoms with Gasteiger partial charge < -0.3 is 16.0 Å². The summed E-state index contributed by atoms with van der Waals surface area (Å²) in [6, 6.07) is 9.38. The van der Waals surface area contributed by atoms with Gasteiger partial charge in [0.15, 0.2) is 0 Å². The first-order valence-electron chi connectivity index (χ1n) is 9.30. The third kappa shape index (κ3) is 4.01. The summed E-state index contributed by atoms with van der Waals surface area (Å²) in [6.07, 6.45) is 4.31. The molecule has 0 atom stereocenters. The van der Waals surface area contributed by atoms with Gasteiger partial charge in [-0.25, -0.2) is 4.98 Å². The van der Waals surface area contributed by atoms with E-state index in [1.807, 2.05) is 31.4 Å². The monoisotopic (exact) mass is 377 g/mol. The minimum absolute atomic E-state index is 0.456. The van der Waals surface area contributed by atoms with Crippen molar-refractivity contribution in [3.05, 3.63) is 59.7 Å². The maximum Gasteiger partial charge on any atom is 0.248 e. The van der Waals surface area contributed by atoms with E-state index in [0.29, 0.717) is 12.0 Å². The predicted octanol–water partition coefficient (Wildman–Crippen LogP) is 0.976. The van der Waals surface area contributed by atoms with Crippen LogP contribution in [0.5, 0.6) is 0 Å². The minimum Gasteiger partial charge on any atom is -0.366 e. The van der Waals surface area contributed by atoms with E-state index in [1.165, 1.54) is 0 Å². The highest BCUT2D eigenvalue weighted by atomic mass is 16.1. The Morgan fingerprint density at radius 1 is 1.18 bits per heavy atom. The summed E-state index contributed by atoms with van der Waals surface area (Å²) < 4.78 is 1.77. The van der Waals surface area contributed by atoms with Crippen LogP contribution in [0.25, 0.3) is 11.3 Å². The molecule has 0 unspecified atom stereocenters. The second kappa shape index (κ2) is 7.77. The summed E-state index contributed by atoms with van der Waals surface area (Å²) in [5.74, 6) is 0.318. The Balaban J connectivity index is 1.68. The van der Waals surface area contributed by atoms with Crippen LogP contribution in [0, 0.1) is 0 Å². The molecule has 1 fully saturated rings. The van der Waals surface area contributed by atoms with Crippen LogP contribution in [0.2, 0.25) is 0 Å². The Bertz CT molecular complexity index is 992. The number of pyridine rings is 2. The average Bonchev–Trinajstić information content (AvgIpc) is 3.13. The topological polar surface area (TPSA) is 102 Å². The summed E-state index contributed by atoms with van der Waals surface area (Å²) in [4.78, 5) is 23.3. The van der Waals surface area contributed by atoms with Crippen molar-refractivity contribution in [3.8, 4) is 11.3 Å². The number of anilines is 1. The molecule has 3 aromatic heterocycles. The fourth-order valence-electron chi connectivity index (χ4n) is 3.34. The molecule has 3 N–H and O–H groups in total. The van der Waals surface area contributed by atoms with Gasteiger partial charge >= 0.3 is 0 Å². The maximum atomic E-state index is 11.9. The zero-order valence-electron chi connectivity index (χ0n) is 15.8. The number of piperazine rings is 1. The molecule has 1 aliphatic heterocycles. The molecule has 0 radical (unpaired) electrons. The van der Waals surface area contributed by atoms with Crippen molar-refractivity contribution in [2.24, 2.45) is 12.8 Å². The second-order valence-electron chi connectivity index (χ2n) is 6.89. The summed E-state index contributed by atoms with van der Waals surface area (Å²) in [7, 11) is 1.89. The number of nitrogens with zero attached hydrogens (tertiary/aromatic N) is 5. The van der Waals surface area contributed by atoms with Crippen LogP contribution in [-0.4, -0.2) is 51.8 Å². The molecule has 1 saturated heterocycles. The molecule has 3 aromatic rings. The highest BCUT2D eigenvalue weighted by Gasteiger charge is 2.16. The molecule has 0 spiro atoms. The third-order valence-corrected chi connectivity index (χ3v) is 4.78. The molecule has 1 amide bonds. The van der Waals surface area contributed by atoms with E-state index in [-0.39, 0.29) is 0 Å². The van der Waals surface area contributed by atoms with Crippen LogP contribution in [0.4, 0.5) is 5.82 Å². The number of aryl methyl sites for hydroxylation is 1. The van der Waals surface area contributed by atoms with E-state index in [9.17, 15) is 4.79 Å². The number of aromatic nitrogens is 4. The number of carbonyl (C=O) groups excluding carboxylic acids is 1.